The van der Waals surface area contributed by atoms with E-state index in [1.54, 1.807) is 18.3 Å². The molecule has 0 saturated carbocycles. The van der Waals surface area contributed by atoms with E-state index < -0.39 is 0 Å². The number of nitrogens with zero attached hydrogens (tertiary/aromatic N) is 2. The molecule has 0 spiro atoms. The minimum Gasteiger partial charge on any atom is -0.477 e. The van der Waals surface area contributed by atoms with Crippen molar-refractivity contribution in [2.75, 3.05) is 26.2 Å². The quantitative estimate of drug-likeness (QED) is 0.780. The van der Waals surface area contributed by atoms with Gasteiger partial charge in [-0.1, -0.05) is 0 Å². The van der Waals surface area contributed by atoms with Crippen LogP contribution in [0, 0.1) is 0 Å². The molecule has 0 atom stereocenters. The number of ether oxygens (including phenoxy) is 1. The number of carbonyl (C=O) groups excluding carboxylic acids is 2. The van der Waals surface area contributed by atoms with Crippen molar-refractivity contribution in [1.29, 1.82) is 0 Å². The summed E-state index contributed by atoms with van der Waals surface area (Å²) in [6.07, 6.45) is 3.19. The van der Waals surface area contributed by atoms with Crippen LogP contribution in [0.15, 0.2) is 18.3 Å². The molecule has 2 rings (SSSR count). The van der Waals surface area contributed by atoms with Gasteiger partial charge in [0.2, 0.25) is 11.8 Å². The maximum Gasteiger partial charge on any atom is 0.256 e. The van der Waals surface area contributed by atoms with E-state index in [0.29, 0.717) is 18.1 Å². The molecule has 1 fully saturated rings. The van der Waals surface area contributed by atoms with E-state index in [0.717, 1.165) is 25.9 Å². The fraction of sp³-hybridized carbons (Fsp3) is 0.533. The molecule has 1 aliphatic rings. The summed E-state index contributed by atoms with van der Waals surface area (Å²) in [7, 11) is 0. The van der Waals surface area contributed by atoms with Gasteiger partial charge in [0.25, 0.3) is 5.91 Å². The second kappa shape index (κ2) is 7.74. The van der Waals surface area contributed by atoms with E-state index in [2.05, 4.69) is 10.3 Å². The Balaban J connectivity index is 1.89. The maximum absolute atomic E-state index is 12.3. The highest BCUT2D eigenvalue weighted by atomic mass is 16.5. The summed E-state index contributed by atoms with van der Waals surface area (Å²) in [5, 5.41) is 3.01. The molecule has 0 aromatic carbocycles. The molecular formula is C15H22N4O3. The highest BCUT2D eigenvalue weighted by molar-refractivity contribution is 5.96. The summed E-state index contributed by atoms with van der Waals surface area (Å²) in [4.78, 5) is 29.3. The first-order valence-electron chi connectivity index (χ1n) is 7.49. The fourth-order valence-corrected chi connectivity index (χ4v) is 2.53. The number of hydrogen-bond acceptors (Lipinski definition) is 5. The standard InChI is InChI=1S/C15H22N4O3/c1-2-22-15-12(4-3-7-17-15)14(21)18-11-5-8-19(9-6-11)10-13(16)20/h3-4,7,11H,2,5-6,8-10H2,1H3,(H2,16,20)(H,18,21). The van der Waals surface area contributed by atoms with Crippen LogP contribution >= 0.6 is 0 Å². The molecule has 0 bridgehead atoms. The Labute approximate surface area is 129 Å². The number of likely N-dealkylation sites (tertiary alicyclic amines) is 1. The van der Waals surface area contributed by atoms with Crippen molar-refractivity contribution >= 4 is 11.8 Å². The summed E-state index contributed by atoms with van der Waals surface area (Å²) in [5.41, 5.74) is 5.64. The van der Waals surface area contributed by atoms with E-state index in [1.165, 1.54) is 0 Å². The summed E-state index contributed by atoms with van der Waals surface area (Å²) < 4.78 is 5.38. The predicted octanol–water partition coefficient (Wildman–Crippen LogP) is 0.160. The van der Waals surface area contributed by atoms with Gasteiger partial charge in [0, 0.05) is 25.3 Å². The zero-order chi connectivity index (χ0) is 15.9. The van der Waals surface area contributed by atoms with Crippen LogP contribution in [0.1, 0.15) is 30.1 Å². The number of nitrogens with one attached hydrogen (secondary N) is 1. The molecule has 0 radical (unpaired) electrons. The third-order valence-electron chi connectivity index (χ3n) is 3.60. The van der Waals surface area contributed by atoms with Crippen LogP contribution < -0.4 is 15.8 Å². The Morgan fingerprint density at radius 1 is 1.45 bits per heavy atom. The largest absolute Gasteiger partial charge is 0.477 e. The van der Waals surface area contributed by atoms with Crippen molar-refractivity contribution < 1.29 is 14.3 Å². The second-order valence-corrected chi connectivity index (χ2v) is 5.28. The predicted molar refractivity (Wildman–Crippen MR) is 81.5 cm³/mol. The minimum atomic E-state index is -0.320. The van der Waals surface area contributed by atoms with Gasteiger partial charge < -0.3 is 15.8 Å². The number of pyridine rings is 1. The van der Waals surface area contributed by atoms with Crippen LogP contribution in [0.25, 0.3) is 0 Å². The molecule has 0 unspecified atom stereocenters. The Morgan fingerprint density at radius 2 is 2.18 bits per heavy atom. The Bertz CT molecular complexity index is 527. The Morgan fingerprint density at radius 3 is 2.82 bits per heavy atom. The highest BCUT2D eigenvalue weighted by Gasteiger charge is 2.23. The van der Waals surface area contributed by atoms with Crippen LogP contribution in [0.2, 0.25) is 0 Å². The van der Waals surface area contributed by atoms with Crippen molar-refractivity contribution in [3.8, 4) is 5.88 Å². The number of nitrogens with two attached hydrogens (primary N) is 1. The molecule has 2 heterocycles. The number of piperidine rings is 1. The van der Waals surface area contributed by atoms with Gasteiger partial charge in [-0.15, -0.1) is 0 Å². The van der Waals surface area contributed by atoms with Crippen molar-refractivity contribution in [3.63, 3.8) is 0 Å². The molecule has 0 aliphatic carbocycles. The topological polar surface area (TPSA) is 97.6 Å². The lowest BCUT2D eigenvalue weighted by Gasteiger charge is -2.31. The smallest absolute Gasteiger partial charge is 0.256 e. The summed E-state index contributed by atoms with van der Waals surface area (Å²) >= 11 is 0. The monoisotopic (exact) mass is 306 g/mol. The fourth-order valence-electron chi connectivity index (χ4n) is 2.53. The van der Waals surface area contributed by atoms with Gasteiger partial charge in [-0.3, -0.25) is 14.5 Å². The SMILES string of the molecule is CCOc1ncccc1C(=O)NC1CCN(CC(N)=O)CC1. The number of amides is 2. The lowest BCUT2D eigenvalue weighted by Crippen LogP contribution is -2.46. The van der Waals surface area contributed by atoms with E-state index in [1.807, 2.05) is 11.8 Å². The molecule has 3 N–H and O–H groups in total. The van der Waals surface area contributed by atoms with Gasteiger partial charge in [-0.25, -0.2) is 4.98 Å². The van der Waals surface area contributed by atoms with Crippen LogP contribution in [-0.4, -0.2) is 54.0 Å². The summed E-state index contributed by atoms with van der Waals surface area (Å²) in [6.45, 7) is 4.09. The highest BCUT2D eigenvalue weighted by Crippen LogP contribution is 2.16. The maximum atomic E-state index is 12.3. The molecule has 7 heteroatoms. The third-order valence-corrected chi connectivity index (χ3v) is 3.60. The number of primary amides is 1. The van der Waals surface area contributed by atoms with Crippen LogP contribution in [0.5, 0.6) is 5.88 Å². The van der Waals surface area contributed by atoms with Gasteiger partial charge in [0.05, 0.1) is 13.2 Å². The minimum absolute atomic E-state index is 0.0892. The molecule has 1 aliphatic heterocycles. The Hall–Kier alpha value is -2.15. The number of rotatable bonds is 6. The number of hydrogen-bond donors (Lipinski definition) is 2. The first-order valence-corrected chi connectivity index (χ1v) is 7.49. The second-order valence-electron chi connectivity index (χ2n) is 5.28. The van der Waals surface area contributed by atoms with Crippen LogP contribution in [0.3, 0.4) is 0 Å². The van der Waals surface area contributed by atoms with E-state index in [9.17, 15) is 9.59 Å². The van der Waals surface area contributed by atoms with Crippen molar-refractivity contribution in [1.82, 2.24) is 15.2 Å². The lowest BCUT2D eigenvalue weighted by molar-refractivity contribution is -0.119. The van der Waals surface area contributed by atoms with E-state index >= 15 is 0 Å². The van der Waals surface area contributed by atoms with Gasteiger partial charge in [0.1, 0.15) is 5.56 Å². The molecule has 1 aromatic rings. The summed E-state index contributed by atoms with van der Waals surface area (Å²) in [6, 6.07) is 3.51. The summed E-state index contributed by atoms with van der Waals surface area (Å²) in [5.74, 6) is -0.141. The number of aromatic nitrogens is 1. The molecule has 1 aromatic heterocycles. The first-order chi connectivity index (χ1) is 10.6. The van der Waals surface area contributed by atoms with E-state index in [-0.39, 0.29) is 24.4 Å². The van der Waals surface area contributed by atoms with E-state index in [4.69, 9.17) is 10.5 Å². The van der Waals surface area contributed by atoms with Crippen LogP contribution in [-0.2, 0) is 4.79 Å². The van der Waals surface area contributed by atoms with Gasteiger partial charge >= 0.3 is 0 Å². The van der Waals surface area contributed by atoms with Crippen molar-refractivity contribution in [3.05, 3.63) is 23.9 Å². The first kappa shape index (κ1) is 16.2. The van der Waals surface area contributed by atoms with Crippen molar-refractivity contribution in [2.45, 2.75) is 25.8 Å². The average Bonchev–Trinajstić information content (AvgIpc) is 2.49. The van der Waals surface area contributed by atoms with Gasteiger partial charge in [-0.2, -0.15) is 0 Å². The molecule has 7 nitrogen and oxygen atoms in total. The molecule has 22 heavy (non-hydrogen) atoms. The number of carbonyl (C=O) groups is 2. The lowest BCUT2D eigenvalue weighted by atomic mass is 10.0. The molecule has 2 amide bonds. The van der Waals surface area contributed by atoms with Crippen LogP contribution in [0.4, 0.5) is 0 Å². The van der Waals surface area contributed by atoms with Gasteiger partial charge in [-0.05, 0) is 31.9 Å². The Kier molecular flexibility index (Phi) is 5.71. The van der Waals surface area contributed by atoms with Gasteiger partial charge in [0.15, 0.2) is 0 Å². The zero-order valence-corrected chi connectivity index (χ0v) is 12.7. The molecule has 120 valence electrons. The third kappa shape index (κ3) is 4.42. The molecule has 1 saturated heterocycles. The normalized spacial score (nSPS) is 16.2. The molecular weight excluding hydrogens is 284 g/mol. The zero-order valence-electron chi connectivity index (χ0n) is 12.7. The average molecular weight is 306 g/mol. The van der Waals surface area contributed by atoms with Crippen molar-refractivity contribution in [2.24, 2.45) is 5.73 Å².